The van der Waals surface area contributed by atoms with Gasteiger partial charge in [-0.05, 0) is 11.8 Å². The number of nitrogens with two attached hydrogens (primary N) is 1. The summed E-state index contributed by atoms with van der Waals surface area (Å²) in [5, 5.41) is 0. The summed E-state index contributed by atoms with van der Waals surface area (Å²) in [5.41, 5.74) is 5.68. The van der Waals surface area contributed by atoms with E-state index in [0.717, 1.165) is 25.7 Å². The van der Waals surface area contributed by atoms with Crippen molar-refractivity contribution in [1.29, 1.82) is 0 Å². The monoisotopic (exact) mass is 301 g/mol. The lowest BCUT2D eigenvalue weighted by Crippen LogP contribution is -2.36. The van der Waals surface area contributed by atoms with E-state index in [4.69, 9.17) is 15.2 Å². The van der Waals surface area contributed by atoms with Gasteiger partial charge in [-0.25, -0.2) is 0 Å². The Morgan fingerprint density at radius 3 is 1.71 bits per heavy atom. The number of rotatable bonds is 11. The molecular weight excluding hydrogens is 270 g/mol. The molecule has 124 valence electrons. The van der Waals surface area contributed by atoms with Crippen LogP contribution in [0.5, 0.6) is 0 Å². The summed E-state index contributed by atoms with van der Waals surface area (Å²) in [6.07, 6.45) is 3.72. The van der Waals surface area contributed by atoms with E-state index in [-0.39, 0.29) is 6.42 Å². The minimum absolute atomic E-state index is 0.123. The molecule has 1 atom stereocenters. The number of hydrogen-bond donors (Lipinski definition) is 1. The van der Waals surface area contributed by atoms with Crippen molar-refractivity contribution >= 4 is 11.9 Å². The second-order valence-corrected chi connectivity index (χ2v) is 5.49. The normalized spacial score (nSPS) is 12.5. The molecule has 0 aliphatic carbocycles. The van der Waals surface area contributed by atoms with E-state index in [1.807, 2.05) is 0 Å². The Morgan fingerprint density at radius 1 is 0.857 bits per heavy atom. The first-order valence-electron chi connectivity index (χ1n) is 8.06. The fraction of sp³-hybridized carbons (Fsp3) is 0.875. The molecule has 0 bridgehead atoms. The van der Waals surface area contributed by atoms with Crippen LogP contribution in [-0.2, 0) is 19.1 Å². The minimum atomic E-state index is -0.937. The molecule has 0 rings (SSSR count). The van der Waals surface area contributed by atoms with Gasteiger partial charge < -0.3 is 15.2 Å². The quantitative estimate of drug-likeness (QED) is 0.594. The smallest absolute Gasteiger partial charge is 0.323 e. The van der Waals surface area contributed by atoms with Crippen molar-refractivity contribution in [1.82, 2.24) is 0 Å². The first-order valence-corrected chi connectivity index (χ1v) is 8.06. The van der Waals surface area contributed by atoms with Crippen molar-refractivity contribution in [3.8, 4) is 0 Å². The lowest BCUT2D eigenvalue weighted by atomic mass is 10.1. The summed E-state index contributed by atoms with van der Waals surface area (Å²) in [4.78, 5) is 23.3. The van der Waals surface area contributed by atoms with Crippen molar-refractivity contribution in [2.45, 2.75) is 65.8 Å². The van der Waals surface area contributed by atoms with Crippen LogP contribution in [0.2, 0.25) is 0 Å². The van der Waals surface area contributed by atoms with Gasteiger partial charge in [-0.3, -0.25) is 9.59 Å². The maximum absolute atomic E-state index is 11.7. The highest BCUT2D eigenvalue weighted by molar-refractivity contribution is 5.82. The molecule has 21 heavy (non-hydrogen) atoms. The summed E-state index contributed by atoms with van der Waals surface area (Å²) in [5.74, 6) is -0.245. The highest BCUT2D eigenvalue weighted by atomic mass is 16.5. The number of carbonyl (C=O) groups excluding carboxylic acids is 2. The van der Waals surface area contributed by atoms with Gasteiger partial charge in [-0.2, -0.15) is 0 Å². The Bertz CT molecular complexity index is 299. The Morgan fingerprint density at radius 2 is 1.29 bits per heavy atom. The van der Waals surface area contributed by atoms with E-state index >= 15 is 0 Å². The van der Waals surface area contributed by atoms with Crippen molar-refractivity contribution in [3.05, 3.63) is 0 Å². The average molecular weight is 301 g/mol. The third kappa shape index (κ3) is 8.71. The highest BCUT2D eigenvalue weighted by Gasteiger charge is 2.21. The molecule has 0 spiro atoms. The zero-order chi connectivity index (χ0) is 16.3. The predicted molar refractivity (Wildman–Crippen MR) is 82.7 cm³/mol. The van der Waals surface area contributed by atoms with Gasteiger partial charge in [0.05, 0.1) is 19.6 Å². The minimum Gasteiger partial charge on any atom is -0.465 e. The molecule has 0 radical (unpaired) electrons. The van der Waals surface area contributed by atoms with Crippen molar-refractivity contribution < 1.29 is 19.1 Å². The molecule has 0 saturated heterocycles. The molecule has 0 aliphatic heterocycles. The van der Waals surface area contributed by atoms with E-state index in [0.29, 0.717) is 25.0 Å². The Hall–Kier alpha value is -1.10. The number of esters is 2. The third-order valence-corrected chi connectivity index (χ3v) is 3.94. The standard InChI is InChI=1S/C16H31NO4/c1-5-12(6-2)10-20-15(18)9-14(17)16(19)21-11-13(7-3)8-4/h12-14H,5-11,17H2,1-4H3/t14-/m0/s1. The van der Waals surface area contributed by atoms with Crippen molar-refractivity contribution in [2.24, 2.45) is 17.6 Å². The third-order valence-electron chi connectivity index (χ3n) is 3.94. The predicted octanol–water partition coefficient (Wildman–Crippen LogP) is 2.66. The molecule has 0 heterocycles. The summed E-state index contributed by atoms with van der Waals surface area (Å²) < 4.78 is 10.3. The molecule has 0 unspecified atom stereocenters. The van der Waals surface area contributed by atoms with Gasteiger partial charge in [0.25, 0.3) is 0 Å². The fourth-order valence-electron chi connectivity index (χ4n) is 1.89. The van der Waals surface area contributed by atoms with E-state index in [1.54, 1.807) is 0 Å². The first-order chi connectivity index (χ1) is 9.98. The van der Waals surface area contributed by atoms with Crippen LogP contribution >= 0.6 is 0 Å². The number of ether oxygens (including phenoxy) is 2. The fourth-order valence-corrected chi connectivity index (χ4v) is 1.89. The molecule has 5 heteroatoms. The first kappa shape index (κ1) is 19.9. The molecule has 0 aliphatic rings. The van der Waals surface area contributed by atoms with E-state index in [9.17, 15) is 9.59 Å². The molecule has 0 aromatic rings. The van der Waals surface area contributed by atoms with Crippen LogP contribution in [-0.4, -0.2) is 31.2 Å². The topological polar surface area (TPSA) is 78.6 Å². The Kier molecular flexibility index (Phi) is 10.9. The van der Waals surface area contributed by atoms with Gasteiger partial charge in [0.15, 0.2) is 0 Å². The summed E-state index contributed by atoms with van der Waals surface area (Å²) in [7, 11) is 0. The van der Waals surface area contributed by atoms with E-state index in [2.05, 4.69) is 27.7 Å². The second kappa shape index (κ2) is 11.5. The van der Waals surface area contributed by atoms with Crippen molar-refractivity contribution in [2.75, 3.05) is 13.2 Å². The molecule has 5 nitrogen and oxygen atoms in total. The lowest BCUT2D eigenvalue weighted by Gasteiger charge is -2.16. The highest BCUT2D eigenvalue weighted by Crippen LogP contribution is 2.10. The maximum atomic E-state index is 11.7. The van der Waals surface area contributed by atoms with Gasteiger partial charge in [0, 0.05) is 0 Å². The van der Waals surface area contributed by atoms with Crippen LogP contribution in [0, 0.1) is 11.8 Å². The zero-order valence-corrected chi connectivity index (χ0v) is 13.9. The van der Waals surface area contributed by atoms with Gasteiger partial charge in [0.1, 0.15) is 6.04 Å². The molecule has 0 aromatic heterocycles. The van der Waals surface area contributed by atoms with Crippen LogP contribution in [0.3, 0.4) is 0 Å². The largest absolute Gasteiger partial charge is 0.465 e. The van der Waals surface area contributed by atoms with Gasteiger partial charge >= 0.3 is 11.9 Å². The molecule has 2 N–H and O–H groups in total. The molecule has 0 amide bonds. The second-order valence-electron chi connectivity index (χ2n) is 5.49. The van der Waals surface area contributed by atoms with Crippen LogP contribution in [0.4, 0.5) is 0 Å². The van der Waals surface area contributed by atoms with Gasteiger partial charge in [-0.15, -0.1) is 0 Å². The average Bonchev–Trinajstić information content (AvgIpc) is 2.48. The zero-order valence-electron chi connectivity index (χ0n) is 13.9. The maximum Gasteiger partial charge on any atom is 0.323 e. The summed E-state index contributed by atoms with van der Waals surface area (Å²) >= 11 is 0. The lowest BCUT2D eigenvalue weighted by molar-refractivity contribution is -0.153. The van der Waals surface area contributed by atoms with Crippen LogP contribution in [0.1, 0.15) is 59.8 Å². The van der Waals surface area contributed by atoms with Gasteiger partial charge in [-0.1, -0.05) is 53.4 Å². The summed E-state index contributed by atoms with van der Waals surface area (Å²) in [6.45, 7) is 8.98. The number of hydrogen-bond acceptors (Lipinski definition) is 5. The summed E-state index contributed by atoms with van der Waals surface area (Å²) in [6, 6.07) is -0.937. The van der Waals surface area contributed by atoms with Crippen LogP contribution < -0.4 is 5.73 Å². The van der Waals surface area contributed by atoms with E-state index < -0.39 is 18.0 Å². The Balaban J connectivity index is 4.02. The van der Waals surface area contributed by atoms with Crippen LogP contribution in [0.15, 0.2) is 0 Å². The van der Waals surface area contributed by atoms with Crippen LogP contribution in [0.25, 0.3) is 0 Å². The van der Waals surface area contributed by atoms with Gasteiger partial charge in [0.2, 0.25) is 0 Å². The number of carbonyl (C=O) groups is 2. The molecule has 0 aromatic carbocycles. The molecule has 0 fully saturated rings. The van der Waals surface area contributed by atoms with E-state index in [1.165, 1.54) is 0 Å². The van der Waals surface area contributed by atoms with Crippen molar-refractivity contribution in [3.63, 3.8) is 0 Å². The Labute approximate surface area is 128 Å². The SMILES string of the molecule is CCC(CC)COC(=O)C[C@H](N)C(=O)OCC(CC)CC. The molecular formula is C16H31NO4. The molecule has 0 saturated carbocycles.